The van der Waals surface area contributed by atoms with Gasteiger partial charge < -0.3 is 4.74 Å². The van der Waals surface area contributed by atoms with Crippen LogP contribution >= 0.6 is 11.6 Å². The summed E-state index contributed by atoms with van der Waals surface area (Å²) in [6.45, 7) is 0.357. The molecule has 0 aliphatic rings. The van der Waals surface area contributed by atoms with Gasteiger partial charge in [0.1, 0.15) is 5.75 Å². The molecule has 86 valence electrons. The van der Waals surface area contributed by atoms with Crippen molar-refractivity contribution in [1.29, 1.82) is 0 Å². The lowest BCUT2D eigenvalue weighted by molar-refractivity contribution is -0.384. The lowest BCUT2D eigenvalue weighted by Gasteiger charge is -2.04. The molecule has 1 rings (SSSR count). The number of halogens is 1. The van der Waals surface area contributed by atoms with E-state index in [4.69, 9.17) is 16.3 Å². The van der Waals surface area contributed by atoms with Gasteiger partial charge in [-0.1, -0.05) is 0 Å². The highest BCUT2D eigenvalue weighted by Gasteiger charge is 2.04. The van der Waals surface area contributed by atoms with Crippen molar-refractivity contribution in [2.45, 2.75) is 12.8 Å². The molecule has 0 aliphatic heterocycles. The Balaban J connectivity index is 2.38. The van der Waals surface area contributed by atoms with Crippen molar-refractivity contribution in [3.8, 4) is 5.75 Å². The van der Waals surface area contributed by atoms with Crippen LogP contribution in [0.25, 0.3) is 0 Å². The molecule has 0 heterocycles. The number of non-ortho nitro benzene ring substituents is 1. The summed E-state index contributed by atoms with van der Waals surface area (Å²) in [6.07, 6.45) is 0.786. The zero-order valence-corrected chi connectivity index (χ0v) is 9.14. The van der Waals surface area contributed by atoms with Crippen molar-refractivity contribution in [3.05, 3.63) is 34.4 Å². The summed E-state index contributed by atoms with van der Waals surface area (Å²) < 4.78 is 5.26. The number of hydrogen-bond donors (Lipinski definition) is 0. The molecule has 0 bridgehead atoms. The predicted octanol–water partition coefficient (Wildman–Crippen LogP) is 2.52. The average Bonchev–Trinajstić information content (AvgIpc) is 2.25. The van der Waals surface area contributed by atoms with E-state index < -0.39 is 10.2 Å². The second-order valence-corrected chi connectivity index (χ2v) is 3.48. The summed E-state index contributed by atoms with van der Waals surface area (Å²) in [7, 11) is 0. The number of rotatable bonds is 6. The van der Waals surface area contributed by atoms with E-state index in [2.05, 4.69) is 0 Å². The van der Waals surface area contributed by atoms with Crippen molar-refractivity contribution in [2.75, 3.05) is 6.61 Å². The van der Waals surface area contributed by atoms with Gasteiger partial charge in [-0.2, -0.15) is 0 Å². The molecule has 0 radical (unpaired) electrons. The van der Waals surface area contributed by atoms with Crippen LogP contribution in [0.5, 0.6) is 5.75 Å². The molecule has 0 fully saturated rings. The van der Waals surface area contributed by atoms with Gasteiger partial charge in [0.2, 0.25) is 5.24 Å². The molecule has 6 heteroatoms. The fourth-order valence-electron chi connectivity index (χ4n) is 1.07. The Morgan fingerprint density at radius 3 is 2.50 bits per heavy atom. The minimum atomic E-state index is -0.476. The number of benzene rings is 1. The van der Waals surface area contributed by atoms with Crippen molar-refractivity contribution >= 4 is 22.5 Å². The van der Waals surface area contributed by atoms with E-state index in [1.54, 1.807) is 0 Å². The molecule has 0 aromatic heterocycles. The first-order valence-electron chi connectivity index (χ1n) is 4.65. The van der Waals surface area contributed by atoms with Crippen LogP contribution in [0.1, 0.15) is 12.8 Å². The summed E-state index contributed by atoms with van der Waals surface area (Å²) in [4.78, 5) is 20.3. The Hall–Kier alpha value is -1.62. The summed E-state index contributed by atoms with van der Waals surface area (Å²) in [6, 6.07) is 5.76. The summed E-state index contributed by atoms with van der Waals surface area (Å²) in [5, 5.41) is 9.96. The van der Waals surface area contributed by atoms with Crippen LogP contribution < -0.4 is 4.74 Å². The first kappa shape index (κ1) is 12.4. The third kappa shape index (κ3) is 4.27. The van der Waals surface area contributed by atoms with Gasteiger partial charge >= 0.3 is 0 Å². The first-order valence-corrected chi connectivity index (χ1v) is 5.03. The lowest BCUT2D eigenvalue weighted by Crippen LogP contribution is -1.99. The lowest BCUT2D eigenvalue weighted by atomic mass is 10.3. The number of nitro groups is 1. The van der Waals surface area contributed by atoms with E-state index >= 15 is 0 Å². The highest BCUT2D eigenvalue weighted by Crippen LogP contribution is 2.17. The summed E-state index contributed by atoms with van der Waals surface area (Å²) in [5.41, 5.74) is 0.0169. The van der Waals surface area contributed by atoms with Crippen LogP contribution in [0.2, 0.25) is 0 Å². The first-order chi connectivity index (χ1) is 7.59. The van der Waals surface area contributed by atoms with Gasteiger partial charge in [-0.25, -0.2) is 0 Å². The number of carbonyl (C=O) groups is 1. The Morgan fingerprint density at radius 2 is 2.00 bits per heavy atom. The maximum atomic E-state index is 10.4. The molecule has 1 aromatic rings. The van der Waals surface area contributed by atoms with Gasteiger partial charge in [0.15, 0.2) is 0 Å². The largest absolute Gasteiger partial charge is 0.494 e. The van der Waals surface area contributed by atoms with Crippen molar-refractivity contribution in [3.63, 3.8) is 0 Å². The normalized spacial score (nSPS) is 9.81. The fraction of sp³-hybridized carbons (Fsp3) is 0.300. The van der Waals surface area contributed by atoms with Crippen LogP contribution in [0, 0.1) is 10.1 Å². The number of hydrogen-bond acceptors (Lipinski definition) is 4. The number of nitrogens with zero attached hydrogens (tertiary/aromatic N) is 1. The van der Waals surface area contributed by atoms with Gasteiger partial charge in [0.05, 0.1) is 11.5 Å². The molecule has 5 nitrogen and oxygen atoms in total. The Bertz CT molecular complexity index is 377. The second kappa shape index (κ2) is 6.07. The van der Waals surface area contributed by atoms with E-state index in [9.17, 15) is 14.9 Å². The molecular weight excluding hydrogens is 234 g/mol. The molecule has 0 saturated heterocycles. The molecule has 1 aromatic carbocycles. The third-order valence-electron chi connectivity index (χ3n) is 1.83. The quantitative estimate of drug-likeness (QED) is 0.333. The zero-order valence-electron chi connectivity index (χ0n) is 8.39. The van der Waals surface area contributed by atoms with Crippen molar-refractivity contribution < 1.29 is 14.5 Å². The highest BCUT2D eigenvalue weighted by molar-refractivity contribution is 6.63. The van der Waals surface area contributed by atoms with Crippen LogP contribution in [0.3, 0.4) is 0 Å². The molecule has 0 unspecified atom stereocenters. The molecule has 0 aliphatic carbocycles. The van der Waals surface area contributed by atoms with E-state index in [-0.39, 0.29) is 12.1 Å². The highest BCUT2D eigenvalue weighted by atomic mass is 35.5. The third-order valence-corrected chi connectivity index (χ3v) is 2.02. The Labute approximate surface area is 97.1 Å². The van der Waals surface area contributed by atoms with E-state index in [1.165, 1.54) is 24.3 Å². The standard InChI is InChI=1S/C10H10ClNO4/c11-10(13)2-1-7-16-9-5-3-8(4-6-9)12(14)15/h3-6H,1-2,7H2. The molecule has 0 spiro atoms. The number of carbonyl (C=O) groups excluding carboxylic acids is 1. The van der Waals surface area contributed by atoms with E-state index in [0.29, 0.717) is 18.8 Å². The van der Waals surface area contributed by atoms with E-state index in [0.717, 1.165) is 0 Å². The average molecular weight is 244 g/mol. The second-order valence-electron chi connectivity index (χ2n) is 3.06. The zero-order chi connectivity index (χ0) is 12.0. The molecule has 16 heavy (non-hydrogen) atoms. The number of ether oxygens (including phenoxy) is 1. The van der Waals surface area contributed by atoms with Gasteiger partial charge in [0, 0.05) is 18.6 Å². The smallest absolute Gasteiger partial charge is 0.269 e. The van der Waals surface area contributed by atoms with Crippen LogP contribution in [-0.2, 0) is 4.79 Å². The minimum absolute atomic E-state index is 0.0169. The molecule has 0 amide bonds. The minimum Gasteiger partial charge on any atom is -0.494 e. The predicted molar refractivity (Wildman–Crippen MR) is 58.7 cm³/mol. The Morgan fingerprint density at radius 1 is 1.38 bits per heavy atom. The van der Waals surface area contributed by atoms with Crippen LogP contribution in [0.15, 0.2) is 24.3 Å². The fourth-order valence-corrected chi connectivity index (χ4v) is 1.20. The summed E-state index contributed by atoms with van der Waals surface area (Å²) in [5.74, 6) is 0.535. The maximum absolute atomic E-state index is 10.4. The Kier molecular flexibility index (Phi) is 4.72. The monoisotopic (exact) mass is 243 g/mol. The van der Waals surface area contributed by atoms with Crippen molar-refractivity contribution in [1.82, 2.24) is 0 Å². The van der Waals surface area contributed by atoms with Gasteiger partial charge in [-0.3, -0.25) is 14.9 Å². The molecular formula is C10H10ClNO4. The van der Waals surface area contributed by atoms with Gasteiger partial charge in [-0.15, -0.1) is 0 Å². The van der Waals surface area contributed by atoms with Crippen LogP contribution in [0.4, 0.5) is 5.69 Å². The topological polar surface area (TPSA) is 69.4 Å². The number of nitro benzene ring substituents is 1. The SMILES string of the molecule is O=C(Cl)CCCOc1ccc([N+](=O)[O-])cc1. The molecule has 0 saturated carbocycles. The molecule has 0 atom stereocenters. The van der Waals surface area contributed by atoms with Gasteiger partial charge in [-0.05, 0) is 30.2 Å². The summed E-state index contributed by atoms with van der Waals surface area (Å²) >= 11 is 5.15. The van der Waals surface area contributed by atoms with Gasteiger partial charge in [0.25, 0.3) is 5.69 Å². The van der Waals surface area contributed by atoms with Crippen LogP contribution in [-0.4, -0.2) is 16.8 Å². The maximum Gasteiger partial charge on any atom is 0.269 e. The van der Waals surface area contributed by atoms with E-state index in [1.807, 2.05) is 0 Å². The molecule has 0 N–H and O–H groups in total. The van der Waals surface area contributed by atoms with Crippen molar-refractivity contribution in [2.24, 2.45) is 0 Å².